The van der Waals surface area contributed by atoms with Crippen LogP contribution in [0.5, 0.6) is 0 Å². The number of carbonyl (C=O) groups is 3. The zero-order valence-electron chi connectivity index (χ0n) is 18.6. The van der Waals surface area contributed by atoms with Crippen molar-refractivity contribution < 1.29 is 19.1 Å². The van der Waals surface area contributed by atoms with Crippen molar-refractivity contribution in [2.24, 2.45) is 0 Å². The second-order valence-electron chi connectivity index (χ2n) is 7.86. The van der Waals surface area contributed by atoms with Gasteiger partial charge in [-0.15, -0.1) is 0 Å². The molecule has 1 saturated heterocycles. The summed E-state index contributed by atoms with van der Waals surface area (Å²) in [5.74, 6) is -1.12. The molecule has 33 heavy (non-hydrogen) atoms. The summed E-state index contributed by atoms with van der Waals surface area (Å²) in [7, 11) is 0. The van der Waals surface area contributed by atoms with E-state index in [1.165, 1.54) is 4.90 Å². The number of rotatable bonds is 8. The normalized spacial score (nSPS) is 16.7. The maximum Gasteiger partial charge on any atom is 0.308 e. The van der Waals surface area contributed by atoms with E-state index in [4.69, 9.17) is 27.9 Å². The molecule has 2 N–H and O–H groups in total. The summed E-state index contributed by atoms with van der Waals surface area (Å²) in [6.07, 6.45) is 0.277. The Kier molecular flexibility index (Phi) is 8.58. The van der Waals surface area contributed by atoms with E-state index in [9.17, 15) is 14.4 Å². The molecule has 1 fully saturated rings. The highest BCUT2D eigenvalue weighted by molar-refractivity contribution is 6.39. The Balaban J connectivity index is 1.77. The SMILES string of the molecule is CCC(C)OC(=O)CC1C(=O)NCCN1C(=O)Cc1ccccc1Nc1c(Cl)cccc1Cl. The number of esters is 1. The number of carbonyl (C=O) groups excluding carboxylic acids is 3. The third-order valence-electron chi connectivity index (χ3n) is 5.50. The van der Waals surface area contributed by atoms with Crippen molar-refractivity contribution >= 4 is 52.4 Å². The first-order valence-electron chi connectivity index (χ1n) is 10.9. The number of halogens is 2. The van der Waals surface area contributed by atoms with Crippen LogP contribution >= 0.6 is 23.2 Å². The lowest BCUT2D eigenvalue weighted by Crippen LogP contribution is -2.58. The number of hydrogen-bond donors (Lipinski definition) is 2. The fourth-order valence-electron chi connectivity index (χ4n) is 3.54. The van der Waals surface area contributed by atoms with Gasteiger partial charge in [0.2, 0.25) is 11.8 Å². The summed E-state index contributed by atoms with van der Waals surface area (Å²) in [5.41, 5.74) is 1.93. The maximum absolute atomic E-state index is 13.2. The molecule has 176 valence electrons. The molecule has 2 aromatic rings. The summed E-state index contributed by atoms with van der Waals surface area (Å²) >= 11 is 12.6. The van der Waals surface area contributed by atoms with E-state index in [0.29, 0.717) is 46.5 Å². The molecule has 3 rings (SSSR count). The van der Waals surface area contributed by atoms with Crippen LogP contribution < -0.4 is 10.6 Å². The van der Waals surface area contributed by atoms with Crippen LogP contribution in [0.4, 0.5) is 11.4 Å². The van der Waals surface area contributed by atoms with Crippen molar-refractivity contribution in [1.82, 2.24) is 10.2 Å². The number of nitrogens with one attached hydrogen (secondary N) is 2. The standard InChI is InChI=1S/C24H27Cl2N3O4/c1-3-15(2)33-22(31)14-20-24(32)27-11-12-29(20)21(30)13-16-7-4-5-10-19(16)28-23-17(25)8-6-9-18(23)26/h4-10,15,20,28H,3,11-14H2,1-2H3,(H,27,32). The first-order chi connectivity index (χ1) is 15.8. The van der Waals surface area contributed by atoms with E-state index < -0.39 is 12.0 Å². The Morgan fingerprint density at radius 3 is 2.58 bits per heavy atom. The van der Waals surface area contributed by atoms with Gasteiger partial charge in [-0.05, 0) is 37.1 Å². The van der Waals surface area contributed by atoms with Crippen molar-refractivity contribution in [2.75, 3.05) is 18.4 Å². The quantitative estimate of drug-likeness (QED) is 0.536. The molecule has 0 aromatic heterocycles. The Hall–Kier alpha value is -2.77. The van der Waals surface area contributed by atoms with Crippen molar-refractivity contribution in [1.29, 1.82) is 0 Å². The highest BCUT2D eigenvalue weighted by Crippen LogP contribution is 2.33. The second-order valence-corrected chi connectivity index (χ2v) is 8.68. The Labute approximate surface area is 203 Å². The molecule has 2 aromatic carbocycles. The number of piperazine rings is 1. The van der Waals surface area contributed by atoms with Crippen LogP contribution in [0.25, 0.3) is 0 Å². The second kappa shape index (κ2) is 11.4. The summed E-state index contributed by atoms with van der Waals surface area (Å²) in [6, 6.07) is 11.6. The molecular formula is C24H27Cl2N3O4. The largest absolute Gasteiger partial charge is 0.463 e. The number of para-hydroxylation sites is 2. The van der Waals surface area contributed by atoms with Crippen molar-refractivity contribution in [3.8, 4) is 0 Å². The minimum Gasteiger partial charge on any atom is -0.463 e. The number of ether oxygens (including phenoxy) is 1. The third kappa shape index (κ3) is 6.39. The van der Waals surface area contributed by atoms with Crippen LogP contribution in [0, 0.1) is 0 Å². The molecule has 1 heterocycles. The van der Waals surface area contributed by atoms with Gasteiger partial charge in [-0.3, -0.25) is 14.4 Å². The number of nitrogens with zero attached hydrogens (tertiary/aromatic N) is 1. The molecule has 2 atom stereocenters. The minimum absolute atomic E-state index is 0.0371. The number of anilines is 2. The fourth-order valence-corrected chi connectivity index (χ4v) is 4.03. The molecule has 0 aliphatic carbocycles. The van der Waals surface area contributed by atoms with Crippen LogP contribution in [0.15, 0.2) is 42.5 Å². The van der Waals surface area contributed by atoms with Gasteiger partial charge in [0, 0.05) is 18.8 Å². The molecule has 1 aliphatic rings. The first kappa shape index (κ1) is 24.9. The summed E-state index contributed by atoms with van der Waals surface area (Å²) in [5, 5.41) is 6.85. The molecule has 0 bridgehead atoms. The monoisotopic (exact) mass is 491 g/mol. The lowest BCUT2D eigenvalue weighted by atomic mass is 10.0. The van der Waals surface area contributed by atoms with Crippen LogP contribution in [-0.4, -0.2) is 47.9 Å². The zero-order chi connectivity index (χ0) is 24.0. The van der Waals surface area contributed by atoms with Gasteiger partial charge < -0.3 is 20.3 Å². The van der Waals surface area contributed by atoms with E-state index >= 15 is 0 Å². The maximum atomic E-state index is 13.2. The van der Waals surface area contributed by atoms with Crippen LogP contribution in [0.2, 0.25) is 10.0 Å². The van der Waals surface area contributed by atoms with Crippen LogP contribution in [0.3, 0.4) is 0 Å². The molecule has 0 radical (unpaired) electrons. The predicted molar refractivity (Wildman–Crippen MR) is 129 cm³/mol. The average Bonchev–Trinajstić information content (AvgIpc) is 2.78. The van der Waals surface area contributed by atoms with Gasteiger partial charge in [0.1, 0.15) is 6.04 Å². The van der Waals surface area contributed by atoms with Gasteiger partial charge >= 0.3 is 5.97 Å². The van der Waals surface area contributed by atoms with Gasteiger partial charge in [-0.25, -0.2) is 0 Å². The van der Waals surface area contributed by atoms with Gasteiger partial charge in [0.05, 0.1) is 34.7 Å². The van der Waals surface area contributed by atoms with Gasteiger partial charge in [-0.2, -0.15) is 0 Å². The fraction of sp³-hybridized carbons (Fsp3) is 0.375. The van der Waals surface area contributed by atoms with E-state index in [-0.39, 0.29) is 30.8 Å². The summed E-state index contributed by atoms with van der Waals surface area (Å²) < 4.78 is 5.31. The Morgan fingerprint density at radius 2 is 1.88 bits per heavy atom. The van der Waals surface area contributed by atoms with E-state index in [1.54, 1.807) is 25.1 Å². The summed E-state index contributed by atoms with van der Waals surface area (Å²) in [6.45, 7) is 4.34. The first-order valence-corrected chi connectivity index (χ1v) is 11.6. The third-order valence-corrected chi connectivity index (χ3v) is 6.13. The number of amides is 2. The average molecular weight is 492 g/mol. The van der Waals surface area contributed by atoms with Crippen LogP contribution in [-0.2, 0) is 25.5 Å². The zero-order valence-corrected chi connectivity index (χ0v) is 20.1. The van der Waals surface area contributed by atoms with Gasteiger partial charge in [-0.1, -0.05) is 54.4 Å². The topological polar surface area (TPSA) is 87.7 Å². The molecule has 0 saturated carbocycles. The highest BCUT2D eigenvalue weighted by atomic mass is 35.5. The molecule has 9 heteroatoms. The molecule has 7 nitrogen and oxygen atoms in total. The van der Waals surface area contributed by atoms with E-state index in [2.05, 4.69) is 10.6 Å². The Morgan fingerprint density at radius 1 is 1.18 bits per heavy atom. The molecule has 0 spiro atoms. The molecule has 2 unspecified atom stereocenters. The Bertz CT molecular complexity index is 1010. The number of benzene rings is 2. The highest BCUT2D eigenvalue weighted by Gasteiger charge is 2.35. The van der Waals surface area contributed by atoms with E-state index in [1.807, 2.05) is 31.2 Å². The van der Waals surface area contributed by atoms with E-state index in [0.717, 1.165) is 0 Å². The van der Waals surface area contributed by atoms with Crippen molar-refractivity contribution in [2.45, 2.75) is 45.3 Å². The smallest absolute Gasteiger partial charge is 0.308 e. The molecule has 1 aliphatic heterocycles. The number of hydrogen-bond acceptors (Lipinski definition) is 5. The lowest BCUT2D eigenvalue weighted by Gasteiger charge is -2.35. The predicted octanol–water partition coefficient (Wildman–Crippen LogP) is 4.34. The van der Waals surface area contributed by atoms with Crippen molar-refractivity contribution in [3.63, 3.8) is 0 Å². The van der Waals surface area contributed by atoms with Crippen molar-refractivity contribution in [3.05, 3.63) is 58.1 Å². The molecular weight excluding hydrogens is 465 g/mol. The van der Waals surface area contributed by atoms with Gasteiger partial charge in [0.15, 0.2) is 0 Å². The lowest BCUT2D eigenvalue weighted by molar-refractivity contribution is -0.154. The minimum atomic E-state index is -0.902. The molecule has 2 amide bonds. The van der Waals surface area contributed by atoms with Crippen LogP contribution in [0.1, 0.15) is 32.3 Å². The van der Waals surface area contributed by atoms with Gasteiger partial charge in [0.25, 0.3) is 0 Å². The summed E-state index contributed by atoms with van der Waals surface area (Å²) in [4.78, 5) is 39.5.